The van der Waals surface area contributed by atoms with Crippen LogP contribution in [0.25, 0.3) is 0 Å². The molecule has 1 amide bonds. The minimum Gasteiger partial charge on any atom is -0.391 e. The smallest absolute Gasteiger partial charge is 0.223 e. The van der Waals surface area contributed by atoms with Crippen molar-refractivity contribution in [1.82, 2.24) is 5.32 Å². The highest BCUT2D eigenvalue weighted by molar-refractivity contribution is 5.81. The lowest BCUT2D eigenvalue weighted by atomic mass is 10.1. The van der Waals surface area contributed by atoms with Gasteiger partial charge >= 0.3 is 0 Å². The van der Waals surface area contributed by atoms with Crippen LogP contribution in [0.5, 0.6) is 0 Å². The van der Waals surface area contributed by atoms with Crippen molar-refractivity contribution in [3.05, 3.63) is 0 Å². The highest BCUT2D eigenvalue weighted by Gasteiger charge is 2.40. The molecule has 0 aromatic rings. The van der Waals surface area contributed by atoms with Crippen LogP contribution in [0.4, 0.5) is 0 Å². The summed E-state index contributed by atoms with van der Waals surface area (Å²) in [7, 11) is 0. The zero-order valence-corrected chi connectivity index (χ0v) is 9.41. The lowest BCUT2D eigenvalue weighted by molar-refractivity contribution is -0.124. The third kappa shape index (κ3) is 2.71. The minimum atomic E-state index is -0.328. The van der Waals surface area contributed by atoms with Gasteiger partial charge in [0.2, 0.25) is 5.91 Å². The van der Waals surface area contributed by atoms with Gasteiger partial charge in [-0.15, -0.1) is 0 Å². The van der Waals surface area contributed by atoms with E-state index in [1.54, 1.807) is 0 Å². The Morgan fingerprint density at radius 3 is 2.60 bits per heavy atom. The average molecular weight is 211 g/mol. The molecule has 0 saturated heterocycles. The van der Waals surface area contributed by atoms with E-state index in [-0.39, 0.29) is 24.0 Å². The van der Waals surface area contributed by atoms with E-state index in [1.807, 2.05) is 0 Å². The summed E-state index contributed by atoms with van der Waals surface area (Å²) in [6, 6.07) is 0.00722. The Morgan fingerprint density at radius 1 is 1.27 bits per heavy atom. The number of carbonyl (C=O) groups is 1. The molecule has 4 atom stereocenters. The van der Waals surface area contributed by atoms with Gasteiger partial charge in [-0.3, -0.25) is 4.79 Å². The van der Waals surface area contributed by atoms with Crippen molar-refractivity contribution in [2.24, 2.45) is 11.8 Å². The van der Waals surface area contributed by atoms with Crippen LogP contribution >= 0.6 is 0 Å². The molecular formula is C12H21NO2. The Hall–Kier alpha value is -0.570. The highest BCUT2D eigenvalue weighted by Crippen LogP contribution is 2.38. The lowest BCUT2D eigenvalue weighted by Gasteiger charge is -2.21. The fourth-order valence-electron chi connectivity index (χ4n) is 2.43. The zero-order valence-electron chi connectivity index (χ0n) is 9.41. The molecule has 4 unspecified atom stereocenters. The Bertz CT molecular complexity index is 242. The first-order valence-corrected chi connectivity index (χ1v) is 6.17. The van der Waals surface area contributed by atoms with Crippen LogP contribution in [-0.2, 0) is 4.79 Å². The average Bonchev–Trinajstić information content (AvgIpc) is 2.94. The lowest BCUT2D eigenvalue weighted by Crippen LogP contribution is -2.43. The normalized spacial score (nSPS) is 40.7. The van der Waals surface area contributed by atoms with Gasteiger partial charge in [-0.1, -0.05) is 26.2 Å². The summed E-state index contributed by atoms with van der Waals surface area (Å²) in [5, 5.41) is 12.9. The molecule has 2 saturated carbocycles. The predicted octanol–water partition coefficient (Wildman–Crippen LogP) is 1.45. The number of carbonyl (C=O) groups excluding carboxylic acids is 1. The van der Waals surface area contributed by atoms with Crippen LogP contribution in [-0.4, -0.2) is 23.2 Å². The number of hydrogen-bond acceptors (Lipinski definition) is 2. The van der Waals surface area contributed by atoms with E-state index < -0.39 is 0 Å². The summed E-state index contributed by atoms with van der Waals surface area (Å²) in [5.74, 6) is 0.932. The van der Waals surface area contributed by atoms with Gasteiger partial charge in [0.05, 0.1) is 12.1 Å². The molecule has 0 radical (unpaired) electrons. The number of rotatable bonds is 2. The molecule has 2 fully saturated rings. The third-order valence-corrected chi connectivity index (χ3v) is 3.75. The van der Waals surface area contributed by atoms with E-state index in [0.29, 0.717) is 5.92 Å². The SMILES string of the molecule is CC1CC1C(=O)NC1CCCCCC1O. The van der Waals surface area contributed by atoms with Crippen LogP contribution < -0.4 is 5.32 Å². The predicted molar refractivity (Wildman–Crippen MR) is 58.3 cm³/mol. The fourth-order valence-corrected chi connectivity index (χ4v) is 2.43. The van der Waals surface area contributed by atoms with Crippen molar-refractivity contribution in [3.8, 4) is 0 Å². The summed E-state index contributed by atoms with van der Waals surface area (Å²) >= 11 is 0. The van der Waals surface area contributed by atoms with Crippen molar-refractivity contribution in [2.75, 3.05) is 0 Å². The molecule has 0 heterocycles. The molecular weight excluding hydrogens is 190 g/mol. The number of aliphatic hydroxyl groups is 1. The molecule has 2 aliphatic rings. The van der Waals surface area contributed by atoms with Crippen LogP contribution in [0.15, 0.2) is 0 Å². The van der Waals surface area contributed by atoms with Crippen LogP contribution in [0.1, 0.15) is 45.4 Å². The number of aliphatic hydroxyl groups excluding tert-OH is 1. The molecule has 86 valence electrons. The summed E-state index contributed by atoms with van der Waals surface area (Å²) in [5.41, 5.74) is 0. The molecule has 3 nitrogen and oxygen atoms in total. The van der Waals surface area contributed by atoms with E-state index in [4.69, 9.17) is 0 Å². The van der Waals surface area contributed by atoms with Gasteiger partial charge in [-0.05, 0) is 25.2 Å². The van der Waals surface area contributed by atoms with Crippen LogP contribution in [0, 0.1) is 11.8 Å². The molecule has 0 aromatic carbocycles. The van der Waals surface area contributed by atoms with Crippen molar-refractivity contribution in [3.63, 3.8) is 0 Å². The van der Waals surface area contributed by atoms with Crippen molar-refractivity contribution < 1.29 is 9.90 Å². The summed E-state index contributed by atoms with van der Waals surface area (Å²) in [6.07, 6.45) is 5.87. The van der Waals surface area contributed by atoms with Gasteiger partial charge in [-0.2, -0.15) is 0 Å². The van der Waals surface area contributed by atoms with Gasteiger partial charge < -0.3 is 10.4 Å². The first-order chi connectivity index (χ1) is 7.18. The maximum atomic E-state index is 11.7. The van der Waals surface area contributed by atoms with E-state index in [2.05, 4.69) is 12.2 Å². The summed E-state index contributed by atoms with van der Waals surface area (Å²) in [4.78, 5) is 11.7. The van der Waals surface area contributed by atoms with Gasteiger partial charge in [0.25, 0.3) is 0 Å². The van der Waals surface area contributed by atoms with Crippen LogP contribution in [0.3, 0.4) is 0 Å². The standard InChI is InChI=1S/C12H21NO2/c1-8-7-9(8)12(15)13-10-5-3-2-4-6-11(10)14/h8-11,14H,2-7H2,1H3,(H,13,15). The van der Waals surface area contributed by atoms with Gasteiger partial charge in [-0.25, -0.2) is 0 Å². The molecule has 0 aliphatic heterocycles. The van der Waals surface area contributed by atoms with E-state index in [1.165, 1.54) is 6.42 Å². The highest BCUT2D eigenvalue weighted by atomic mass is 16.3. The largest absolute Gasteiger partial charge is 0.391 e. The van der Waals surface area contributed by atoms with Gasteiger partial charge in [0.1, 0.15) is 0 Å². The minimum absolute atomic E-state index is 0.00722. The summed E-state index contributed by atoms with van der Waals surface area (Å²) < 4.78 is 0. The monoisotopic (exact) mass is 211 g/mol. The van der Waals surface area contributed by atoms with Crippen molar-refractivity contribution in [1.29, 1.82) is 0 Å². The van der Waals surface area contributed by atoms with Crippen molar-refractivity contribution in [2.45, 2.75) is 57.6 Å². The summed E-state index contributed by atoms with van der Waals surface area (Å²) in [6.45, 7) is 2.10. The molecule has 2 N–H and O–H groups in total. The molecule has 3 heteroatoms. The fraction of sp³-hybridized carbons (Fsp3) is 0.917. The Labute approximate surface area is 91.2 Å². The Kier molecular flexibility index (Phi) is 3.29. The first-order valence-electron chi connectivity index (χ1n) is 6.17. The maximum Gasteiger partial charge on any atom is 0.223 e. The Morgan fingerprint density at radius 2 is 1.93 bits per heavy atom. The molecule has 0 spiro atoms. The topological polar surface area (TPSA) is 49.3 Å². The third-order valence-electron chi connectivity index (χ3n) is 3.75. The Balaban J connectivity index is 1.83. The molecule has 15 heavy (non-hydrogen) atoms. The van der Waals surface area contributed by atoms with E-state index in [0.717, 1.165) is 32.1 Å². The van der Waals surface area contributed by atoms with Gasteiger partial charge in [0, 0.05) is 5.92 Å². The zero-order chi connectivity index (χ0) is 10.8. The number of nitrogens with one attached hydrogen (secondary N) is 1. The van der Waals surface area contributed by atoms with Crippen LogP contribution in [0.2, 0.25) is 0 Å². The molecule has 2 rings (SSSR count). The van der Waals surface area contributed by atoms with E-state index in [9.17, 15) is 9.90 Å². The number of hydrogen-bond donors (Lipinski definition) is 2. The van der Waals surface area contributed by atoms with Crippen molar-refractivity contribution >= 4 is 5.91 Å². The first kappa shape index (κ1) is 10.9. The maximum absolute atomic E-state index is 11.7. The number of amides is 1. The van der Waals surface area contributed by atoms with Gasteiger partial charge in [0.15, 0.2) is 0 Å². The quantitative estimate of drug-likeness (QED) is 0.679. The van der Waals surface area contributed by atoms with E-state index >= 15 is 0 Å². The second-order valence-corrected chi connectivity index (χ2v) is 5.14. The molecule has 0 bridgehead atoms. The molecule has 2 aliphatic carbocycles. The second kappa shape index (κ2) is 4.52. The second-order valence-electron chi connectivity index (χ2n) is 5.14. The molecule has 0 aromatic heterocycles.